The third-order valence-electron chi connectivity index (χ3n) is 2.78. The fourth-order valence-corrected chi connectivity index (χ4v) is 1.86. The fraction of sp³-hybridized carbons (Fsp3) is 0.455. The standard InChI is InChI=1S/C11H13ClN2O3/c12-10-5-9(1-2-11(10)14(15)16)17-4-3-8-6-13-7-8/h1-2,5,8,13H,3-4,6-7H2. The largest absolute Gasteiger partial charge is 0.494 e. The number of hydrogen-bond donors (Lipinski definition) is 1. The van der Waals surface area contributed by atoms with E-state index >= 15 is 0 Å². The molecule has 0 radical (unpaired) electrons. The molecule has 0 spiro atoms. The Balaban J connectivity index is 1.88. The van der Waals surface area contributed by atoms with Crippen molar-refractivity contribution in [1.29, 1.82) is 0 Å². The number of nitrogens with zero attached hydrogens (tertiary/aromatic N) is 1. The lowest BCUT2D eigenvalue weighted by atomic mass is 10.0. The number of nitro groups is 1. The monoisotopic (exact) mass is 256 g/mol. The molecule has 0 aliphatic carbocycles. The summed E-state index contributed by atoms with van der Waals surface area (Å²) in [5.41, 5.74) is -0.0952. The van der Waals surface area contributed by atoms with Crippen molar-refractivity contribution in [3.63, 3.8) is 0 Å². The van der Waals surface area contributed by atoms with Gasteiger partial charge in [0.1, 0.15) is 10.8 Å². The Labute approximate surface area is 104 Å². The van der Waals surface area contributed by atoms with Crippen LogP contribution in [0.2, 0.25) is 5.02 Å². The molecule has 92 valence electrons. The lowest BCUT2D eigenvalue weighted by molar-refractivity contribution is -0.384. The molecule has 1 heterocycles. The van der Waals surface area contributed by atoms with Gasteiger partial charge in [-0.3, -0.25) is 10.1 Å². The smallest absolute Gasteiger partial charge is 0.288 e. The molecule has 1 aliphatic rings. The molecule has 5 nitrogen and oxygen atoms in total. The zero-order chi connectivity index (χ0) is 12.3. The molecule has 1 aromatic rings. The van der Waals surface area contributed by atoms with Crippen LogP contribution in [-0.2, 0) is 0 Å². The van der Waals surface area contributed by atoms with Crippen LogP contribution < -0.4 is 10.1 Å². The Morgan fingerprint density at radius 1 is 1.53 bits per heavy atom. The van der Waals surface area contributed by atoms with Gasteiger partial charge in [0.15, 0.2) is 0 Å². The summed E-state index contributed by atoms with van der Waals surface area (Å²) >= 11 is 5.77. The Morgan fingerprint density at radius 2 is 2.29 bits per heavy atom. The predicted molar refractivity (Wildman–Crippen MR) is 64.6 cm³/mol. The Hall–Kier alpha value is -1.33. The topological polar surface area (TPSA) is 64.4 Å². The van der Waals surface area contributed by atoms with Gasteiger partial charge in [-0.05, 0) is 31.5 Å². The van der Waals surface area contributed by atoms with Crippen molar-refractivity contribution in [2.24, 2.45) is 5.92 Å². The highest BCUT2D eigenvalue weighted by atomic mass is 35.5. The van der Waals surface area contributed by atoms with Crippen LogP contribution in [0.4, 0.5) is 5.69 Å². The van der Waals surface area contributed by atoms with Crippen molar-refractivity contribution in [1.82, 2.24) is 5.32 Å². The maximum Gasteiger partial charge on any atom is 0.288 e. The zero-order valence-corrected chi connectivity index (χ0v) is 9.94. The average Bonchev–Trinajstić information content (AvgIpc) is 2.21. The molecule has 0 atom stereocenters. The summed E-state index contributed by atoms with van der Waals surface area (Å²) in [5.74, 6) is 1.26. The highest BCUT2D eigenvalue weighted by Gasteiger charge is 2.16. The second-order valence-corrected chi connectivity index (χ2v) is 4.44. The number of hydrogen-bond acceptors (Lipinski definition) is 4. The molecule has 0 bridgehead atoms. The number of ether oxygens (including phenoxy) is 1. The zero-order valence-electron chi connectivity index (χ0n) is 9.19. The van der Waals surface area contributed by atoms with Gasteiger partial charge in [-0.2, -0.15) is 0 Å². The number of nitro benzene ring substituents is 1. The lowest BCUT2D eigenvalue weighted by Gasteiger charge is -2.26. The van der Waals surface area contributed by atoms with E-state index in [1.165, 1.54) is 12.1 Å². The first-order valence-corrected chi connectivity index (χ1v) is 5.82. The summed E-state index contributed by atoms with van der Waals surface area (Å²) in [4.78, 5) is 10.0. The van der Waals surface area contributed by atoms with Gasteiger partial charge in [0, 0.05) is 12.1 Å². The number of benzene rings is 1. The van der Waals surface area contributed by atoms with Crippen LogP contribution in [0.25, 0.3) is 0 Å². The van der Waals surface area contributed by atoms with Gasteiger partial charge >= 0.3 is 0 Å². The van der Waals surface area contributed by atoms with Crippen molar-refractivity contribution in [2.45, 2.75) is 6.42 Å². The summed E-state index contributed by atoms with van der Waals surface area (Å²) in [6.07, 6.45) is 0.988. The molecule has 1 aliphatic heterocycles. The normalized spacial score (nSPS) is 15.4. The van der Waals surface area contributed by atoms with Crippen molar-refractivity contribution >= 4 is 17.3 Å². The summed E-state index contributed by atoms with van der Waals surface area (Å²) < 4.78 is 5.49. The predicted octanol–water partition coefficient (Wildman–Crippen LogP) is 2.24. The third kappa shape index (κ3) is 3.08. The van der Waals surface area contributed by atoms with Gasteiger partial charge in [-0.15, -0.1) is 0 Å². The quantitative estimate of drug-likeness (QED) is 0.648. The van der Waals surface area contributed by atoms with Crippen LogP contribution in [0.1, 0.15) is 6.42 Å². The molecular weight excluding hydrogens is 244 g/mol. The molecule has 0 unspecified atom stereocenters. The first-order chi connectivity index (χ1) is 8.16. The first kappa shape index (κ1) is 12.1. The van der Waals surface area contributed by atoms with E-state index in [2.05, 4.69) is 5.32 Å². The van der Waals surface area contributed by atoms with Crippen LogP contribution in [-0.4, -0.2) is 24.6 Å². The highest BCUT2D eigenvalue weighted by Crippen LogP contribution is 2.28. The van der Waals surface area contributed by atoms with Crippen LogP contribution in [0.3, 0.4) is 0 Å². The van der Waals surface area contributed by atoms with Crippen molar-refractivity contribution < 1.29 is 9.66 Å². The molecule has 2 rings (SSSR count). The minimum absolute atomic E-state index is 0.0952. The molecule has 1 fully saturated rings. The second kappa shape index (κ2) is 5.33. The van der Waals surface area contributed by atoms with Crippen LogP contribution in [0.15, 0.2) is 18.2 Å². The second-order valence-electron chi connectivity index (χ2n) is 4.03. The van der Waals surface area contributed by atoms with Crippen LogP contribution in [0, 0.1) is 16.0 Å². The molecule has 0 amide bonds. The van der Waals surface area contributed by atoms with E-state index in [0.717, 1.165) is 19.5 Å². The van der Waals surface area contributed by atoms with Gasteiger partial charge in [0.2, 0.25) is 0 Å². The average molecular weight is 257 g/mol. The van der Waals surface area contributed by atoms with E-state index in [4.69, 9.17) is 16.3 Å². The van der Waals surface area contributed by atoms with Crippen molar-refractivity contribution in [2.75, 3.05) is 19.7 Å². The van der Waals surface area contributed by atoms with E-state index in [0.29, 0.717) is 18.3 Å². The Kier molecular flexibility index (Phi) is 3.81. The third-order valence-corrected chi connectivity index (χ3v) is 3.08. The Bertz CT molecular complexity index is 421. The number of nitrogens with one attached hydrogen (secondary N) is 1. The van der Waals surface area contributed by atoms with Crippen molar-refractivity contribution in [3.05, 3.63) is 33.3 Å². The highest BCUT2D eigenvalue weighted by molar-refractivity contribution is 6.32. The summed E-state index contributed by atoms with van der Waals surface area (Å²) in [6.45, 7) is 2.70. The Morgan fingerprint density at radius 3 is 2.82 bits per heavy atom. The minimum Gasteiger partial charge on any atom is -0.494 e. The van der Waals surface area contributed by atoms with Crippen LogP contribution >= 0.6 is 11.6 Å². The molecule has 1 saturated heterocycles. The number of rotatable bonds is 5. The van der Waals surface area contributed by atoms with Gasteiger partial charge in [-0.25, -0.2) is 0 Å². The van der Waals surface area contributed by atoms with E-state index in [1.54, 1.807) is 6.07 Å². The SMILES string of the molecule is O=[N+]([O-])c1ccc(OCCC2CNC2)cc1Cl. The van der Waals surface area contributed by atoms with E-state index in [-0.39, 0.29) is 10.7 Å². The summed E-state index contributed by atoms with van der Waals surface area (Å²) in [7, 11) is 0. The molecule has 1 aromatic carbocycles. The molecule has 0 saturated carbocycles. The fourth-order valence-electron chi connectivity index (χ4n) is 1.62. The lowest BCUT2D eigenvalue weighted by Crippen LogP contribution is -2.42. The maximum absolute atomic E-state index is 10.6. The van der Waals surface area contributed by atoms with Gasteiger partial charge < -0.3 is 10.1 Å². The first-order valence-electron chi connectivity index (χ1n) is 5.44. The van der Waals surface area contributed by atoms with Crippen molar-refractivity contribution in [3.8, 4) is 5.75 Å². The summed E-state index contributed by atoms with van der Waals surface area (Å²) in [6, 6.07) is 4.42. The van der Waals surface area contributed by atoms with E-state index < -0.39 is 4.92 Å². The number of halogens is 1. The maximum atomic E-state index is 10.6. The molecule has 17 heavy (non-hydrogen) atoms. The minimum atomic E-state index is -0.508. The molecular formula is C11H13ClN2O3. The van der Waals surface area contributed by atoms with Gasteiger partial charge in [0.05, 0.1) is 11.5 Å². The summed E-state index contributed by atoms with van der Waals surface area (Å²) in [5, 5.41) is 13.9. The molecule has 0 aromatic heterocycles. The molecule has 6 heteroatoms. The van der Waals surface area contributed by atoms with Gasteiger partial charge in [0.25, 0.3) is 5.69 Å². The van der Waals surface area contributed by atoms with E-state index in [1.807, 2.05) is 0 Å². The molecule has 1 N–H and O–H groups in total. The van der Waals surface area contributed by atoms with Gasteiger partial charge in [-0.1, -0.05) is 11.6 Å². The van der Waals surface area contributed by atoms with E-state index in [9.17, 15) is 10.1 Å². The van der Waals surface area contributed by atoms with Crippen LogP contribution in [0.5, 0.6) is 5.75 Å².